The third-order valence-electron chi connectivity index (χ3n) is 4.91. The predicted molar refractivity (Wildman–Crippen MR) is 119 cm³/mol. The molecule has 2 aromatic heterocycles. The Morgan fingerprint density at radius 1 is 0.966 bits per heavy atom. The number of halogens is 1. The summed E-state index contributed by atoms with van der Waals surface area (Å²) in [6, 6.07) is 22.2. The lowest BCUT2D eigenvalue weighted by atomic mass is 10.1. The van der Waals surface area contributed by atoms with Crippen LogP contribution in [0.5, 0.6) is 0 Å². The van der Waals surface area contributed by atoms with Gasteiger partial charge in [0.25, 0.3) is 5.91 Å². The van der Waals surface area contributed by atoms with E-state index in [-0.39, 0.29) is 5.91 Å². The third-order valence-corrected chi connectivity index (χ3v) is 5.49. The SMILES string of the molecule is Cc1cc(Br)c2nc(C)c(C(=O)N(Cc3ccccc3)Cc3ccccc3)n2c1. The molecule has 0 atom stereocenters. The van der Waals surface area contributed by atoms with Gasteiger partial charge >= 0.3 is 0 Å². The number of amides is 1. The van der Waals surface area contributed by atoms with Crippen molar-refractivity contribution in [3.8, 4) is 0 Å². The number of benzene rings is 2. The highest BCUT2D eigenvalue weighted by Gasteiger charge is 2.24. The van der Waals surface area contributed by atoms with Crippen LogP contribution in [0.2, 0.25) is 0 Å². The molecular formula is C24H22BrN3O. The molecule has 4 nitrogen and oxygen atoms in total. The number of fused-ring (bicyclic) bond motifs is 1. The van der Waals surface area contributed by atoms with Crippen molar-refractivity contribution in [3.05, 3.63) is 105 Å². The molecule has 4 aromatic rings. The van der Waals surface area contributed by atoms with Crippen LogP contribution in [0.25, 0.3) is 5.65 Å². The Morgan fingerprint density at radius 2 is 1.52 bits per heavy atom. The first-order valence-electron chi connectivity index (χ1n) is 9.55. The van der Waals surface area contributed by atoms with E-state index in [1.54, 1.807) is 0 Å². The van der Waals surface area contributed by atoms with E-state index in [9.17, 15) is 4.79 Å². The second-order valence-electron chi connectivity index (χ2n) is 7.24. The van der Waals surface area contributed by atoms with Gasteiger partial charge in [0, 0.05) is 19.3 Å². The molecule has 2 aromatic carbocycles. The number of aromatic nitrogens is 2. The highest BCUT2D eigenvalue weighted by Crippen LogP contribution is 2.24. The Hall–Kier alpha value is -2.92. The average Bonchev–Trinajstić information content (AvgIpc) is 3.05. The van der Waals surface area contributed by atoms with Gasteiger partial charge in [-0.2, -0.15) is 0 Å². The lowest BCUT2D eigenvalue weighted by Gasteiger charge is -2.23. The molecule has 29 heavy (non-hydrogen) atoms. The minimum absolute atomic E-state index is 0.0276. The highest BCUT2D eigenvalue weighted by molar-refractivity contribution is 9.10. The molecule has 1 amide bonds. The van der Waals surface area contributed by atoms with Crippen LogP contribution >= 0.6 is 15.9 Å². The van der Waals surface area contributed by atoms with Crippen LogP contribution in [0, 0.1) is 13.8 Å². The summed E-state index contributed by atoms with van der Waals surface area (Å²) in [6.45, 7) is 4.98. The van der Waals surface area contributed by atoms with Crippen LogP contribution in [0.15, 0.2) is 77.4 Å². The molecule has 0 saturated carbocycles. The topological polar surface area (TPSA) is 37.6 Å². The largest absolute Gasteiger partial charge is 0.329 e. The number of hydrogen-bond donors (Lipinski definition) is 0. The smallest absolute Gasteiger partial charge is 0.273 e. The zero-order valence-corrected chi connectivity index (χ0v) is 18.1. The van der Waals surface area contributed by atoms with Crippen LogP contribution < -0.4 is 0 Å². The maximum Gasteiger partial charge on any atom is 0.273 e. The Bertz CT molecular complexity index is 1110. The number of carbonyl (C=O) groups is 1. The van der Waals surface area contributed by atoms with Crippen molar-refractivity contribution >= 4 is 27.5 Å². The third kappa shape index (κ3) is 4.10. The number of nitrogens with zero attached hydrogens (tertiary/aromatic N) is 3. The molecular weight excluding hydrogens is 426 g/mol. The first kappa shape index (κ1) is 19.4. The fourth-order valence-electron chi connectivity index (χ4n) is 3.56. The zero-order chi connectivity index (χ0) is 20.4. The highest BCUT2D eigenvalue weighted by atomic mass is 79.9. The van der Waals surface area contributed by atoms with Crippen LogP contribution in [-0.4, -0.2) is 20.2 Å². The van der Waals surface area contributed by atoms with Gasteiger partial charge in [0.05, 0.1) is 10.2 Å². The normalized spacial score (nSPS) is 11.0. The van der Waals surface area contributed by atoms with Crippen molar-refractivity contribution in [3.63, 3.8) is 0 Å². The van der Waals surface area contributed by atoms with Gasteiger partial charge in [0.1, 0.15) is 5.69 Å². The maximum atomic E-state index is 13.7. The summed E-state index contributed by atoms with van der Waals surface area (Å²) in [6.07, 6.45) is 1.97. The van der Waals surface area contributed by atoms with Crippen LogP contribution in [0.3, 0.4) is 0 Å². The monoisotopic (exact) mass is 447 g/mol. The lowest BCUT2D eigenvalue weighted by molar-refractivity contribution is 0.0722. The minimum Gasteiger partial charge on any atom is -0.329 e. The van der Waals surface area contributed by atoms with Gasteiger partial charge in [-0.05, 0) is 52.5 Å². The van der Waals surface area contributed by atoms with E-state index in [4.69, 9.17) is 0 Å². The number of pyridine rings is 1. The molecule has 0 spiro atoms. The predicted octanol–water partition coefficient (Wildman–Crippen LogP) is 5.56. The fraction of sp³-hybridized carbons (Fsp3) is 0.167. The van der Waals surface area contributed by atoms with Crippen LogP contribution in [-0.2, 0) is 13.1 Å². The second-order valence-corrected chi connectivity index (χ2v) is 8.09. The molecule has 0 unspecified atom stereocenters. The van der Waals surface area contributed by atoms with Crippen molar-refractivity contribution in [1.29, 1.82) is 0 Å². The summed E-state index contributed by atoms with van der Waals surface area (Å²) in [5.41, 5.74) is 5.36. The van der Waals surface area contributed by atoms with Gasteiger partial charge in [-0.25, -0.2) is 4.98 Å². The number of aryl methyl sites for hydroxylation is 2. The van der Waals surface area contributed by atoms with Gasteiger partial charge in [0.15, 0.2) is 5.65 Å². The standard InChI is InChI=1S/C24H22BrN3O/c1-17-13-21(25)23-26-18(2)22(28(23)14-17)24(29)27(15-19-9-5-3-6-10-19)16-20-11-7-4-8-12-20/h3-14H,15-16H2,1-2H3. The van der Waals surface area contributed by atoms with Gasteiger partial charge in [0.2, 0.25) is 0 Å². The van der Waals surface area contributed by atoms with Crippen LogP contribution in [0.1, 0.15) is 32.9 Å². The molecule has 2 heterocycles. The van der Waals surface area contributed by atoms with Crippen molar-refractivity contribution in [2.24, 2.45) is 0 Å². The van der Waals surface area contributed by atoms with E-state index in [2.05, 4.69) is 20.9 Å². The summed E-state index contributed by atoms with van der Waals surface area (Å²) in [4.78, 5) is 20.2. The molecule has 0 aliphatic heterocycles. The lowest BCUT2D eigenvalue weighted by Crippen LogP contribution is -2.31. The first-order valence-corrected chi connectivity index (χ1v) is 10.3. The van der Waals surface area contributed by atoms with Gasteiger partial charge in [-0.1, -0.05) is 60.7 Å². The Labute approximate surface area is 178 Å². The van der Waals surface area contributed by atoms with Crippen molar-refractivity contribution < 1.29 is 4.79 Å². The second kappa shape index (κ2) is 8.21. The molecule has 0 fully saturated rings. The van der Waals surface area contributed by atoms with Crippen molar-refractivity contribution in [2.75, 3.05) is 0 Å². The number of carbonyl (C=O) groups excluding carboxylic acids is 1. The van der Waals surface area contributed by atoms with Gasteiger partial charge in [-0.3, -0.25) is 9.20 Å². The molecule has 146 valence electrons. The van der Waals surface area contributed by atoms with Gasteiger partial charge in [-0.15, -0.1) is 0 Å². The summed E-state index contributed by atoms with van der Waals surface area (Å²) < 4.78 is 2.79. The van der Waals surface area contributed by atoms with E-state index in [1.807, 2.05) is 96.1 Å². The zero-order valence-electron chi connectivity index (χ0n) is 16.5. The number of rotatable bonds is 5. The molecule has 0 N–H and O–H groups in total. The molecule has 4 rings (SSSR count). The molecule has 0 aliphatic rings. The molecule has 0 aliphatic carbocycles. The number of hydrogen-bond acceptors (Lipinski definition) is 2. The molecule has 0 saturated heterocycles. The number of imidazole rings is 1. The van der Waals surface area contributed by atoms with Crippen LogP contribution in [0.4, 0.5) is 0 Å². The maximum absolute atomic E-state index is 13.7. The first-order chi connectivity index (χ1) is 14.0. The van der Waals surface area contributed by atoms with E-state index in [1.165, 1.54) is 0 Å². The summed E-state index contributed by atoms with van der Waals surface area (Å²) in [7, 11) is 0. The van der Waals surface area contributed by atoms with E-state index in [0.29, 0.717) is 18.8 Å². The minimum atomic E-state index is -0.0276. The Morgan fingerprint density at radius 3 is 2.07 bits per heavy atom. The summed E-state index contributed by atoms with van der Waals surface area (Å²) >= 11 is 3.58. The summed E-state index contributed by atoms with van der Waals surface area (Å²) in [5, 5.41) is 0. The molecule has 5 heteroatoms. The van der Waals surface area contributed by atoms with Gasteiger partial charge < -0.3 is 4.90 Å². The fourth-order valence-corrected chi connectivity index (χ4v) is 4.20. The van der Waals surface area contributed by atoms with Crippen molar-refractivity contribution in [2.45, 2.75) is 26.9 Å². The quantitative estimate of drug-likeness (QED) is 0.401. The average molecular weight is 448 g/mol. The van der Waals surface area contributed by atoms with E-state index >= 15 is 0 Å². The van der Waals surface area contributed by atoms with E-state index in [0.717, 1.165) is 32.5 Å². The molecule has 0 radical (unpaired) electrons. The molecule has 0 bridgehead atoms. The van der Waals surface area contributed by atoms with Crippen molar-refractivity contribution in [1.82, 2.24) is 14.3 Å². The summed E-state index contributed by atoms with van der Waals surface area (Å²) in [5.74, 6) is -0.0276. The Kier molecular flexibility index (Phi) is 5.49. The van der Waals surface area contributed by atoms with E-state index < -0.39 is 0 Å². The Balaban J connectivity index is 1.77.